The lowest BCUT2D eigenvalue weighted by molar-refractivity contribution is 0.0925. The van der Waals surface area contributed by atoms with Gasteiger partial charge in [-0.3, -0.25) is 4.79 Å². The van der Waals surface area contributed by atoms with Crippen molar-refractivity contribution >= 4 is 17.2 Å². The van der Waals surface area contributed by atoms with Crippen LogP contribution < -0.4 is 11.1 Å². The molecule has 1 heterocycles. The Hall–Kier alpha value is -0.870. The van der Waals surface area contributed by atoms with Gasteiger partial charge in [0.1, 0.15) is 0 Å². The van der Waals surface area contributed by atoms with E-state index in [1.165, 1.54) is 42.5 Å². The zero-order valence-corrected chi connectivity index (χ0v) is 12.8. The van der Waals surface area contributed by atoms with Gasteiger partial charge in [-0.2, -0.15) is 0 Å². The van der Waals surface area contributed by atoms with Gasteiger partial charge in [-0.1, -0.05) is 19.3 Å². The van der Waals surface area contributed by atoms with Gasteiger partial charge in [-0.15, -0.1) is 11.3 Å². The highest BCUT2D eigenvalue weighted by Gasteiger charge is 2.25. The third-order valence-corrected chi connectivity index (χ3v) is 5.84. The molecule has 1 fully saturated rings. The molecule has 0 aromatic carbocycles. The second-order valence-corrected chi connectivity index (χ2v) is 7.28. The minimum absolute atomic E-state index is 0.0884. The van der Waals surface area contributed by atoms with E-state index in [2.05, 4.69) is 11.4 Å². The van der Waals surface area contributed by atoms with Crippen LogP contribution in [-0.2, 0) is 12.8 Å². The molecule has 4 heteroatoms. The third kappa shape index (κ3) is 3.07. The van der Waals surface area contributed by atoms with Crippen LogP contribution in [0.1, 0.15) is 65.1 Å². The SMILES string of the molecule is NC1CCCCC1NC(=O)c1cc2c(s1)CCCCC2. The van der Waals surface area contributed by atoms with E-state index in [9.17, 15) is 4.79 Å². The minimum atomic E-state index is 0.0884. The molecule has 3 rings (SSSR count). The molecule has 2 aliphatic carbocycles. The van der Waals surface area contributed by atoms with E-state index in [0.717, 1.165) is 30.6 Å². The number of carbonyl (C=O) groups is 1. The Morgan fingerprint density at radius 2 is 1.95 bits per heavy atom. The summed E-state index contributed by atoms with van der Waals surface area (Å²) in [6.45, 7) is 0. The van der Waals surface area contributed by atoms with E-state index in [1.54, 1.807) is 11.3 Å². The topological polar surface area (TPSA) is 55.1 Å². The second kappa shape index (κ2) is 6.27. The van der Waals surface area contributed by atoms with Crippen molar-refractivity contribution in [2.24, 2.45) is 5.73 Å². The monoisotopic (exact) mass is 292 g/mol. The zero-order chi connectivity index (χ0) is 13.9. The number of hydrogen-bond donors (Lipinski definition) is 2. The standard InChI is InChI=1S/C16H24N2OS/c17-12-7-4-5-8-13(12)18-16(19)15-10-11-6-2-1-3-9-14(11)20-15/h10,12-13H,1-9,17H2,(H,18,19). The Balaban J connectivity index is 1.68. The third-order valence-electron chi connectivity index (χ3n) is 4.61. The quantitative estimate of drug-likeness (QED) is 0.823. The lowest BCUT2D eigenvalue weighted by Gasteiger charge is -2.29. The summed E-state index contributed by atoms with van der Waals surface area (Å²) in [5, 5.41) is 3.16. The number of amides is 1. The summed E-state index contributed by atoms with van der Waals surface area (Å²) in [6.07, 6.45) is 10.6. The number of fused-ring (bicyclic) bond motifs is 1. The van der Waals surface area contributed by atoms with Crippen molar-refractivity contribution < 1.29 is 4.79 Å². The maximum absolute atomic E-state index is 12.4. The maximum atomic E-state index is 12.4. The van der Waals surface area contributed by atoms with E-state index in [-0.39, 0.29) is 18.0 Å². The van der Waals surface area contributed by atoms with E-state index >= 15 is 0 Å². The Morgan fingerprint density at radius 1 is 1.15 bits per heavy atom. The molecule has 3 nitrogen and oxygen atoms in total. The van der Waals surface area contributed by atoms with Gasteiger partial charge in [-0.25, -0.2) is 0 Å². The van der Waals surface area contributed by atoms with Crippen LogP contribution in [0.4, 0.5) is 0 Å². The fraction of sp³-hybridized carbons (Fsp3) is 0.688. The molecule has 0 spiro atoms. The zero-order valence-electron chi connectivity index (χ0n) is 12.0. The molecule has 1 aromatic heterocycles. The molecule has 0 aliphatic heterocycles. The predicted octanol–water partition coefficient (Wildman–Crippen LogP) is 3.02. The Labute approximate surface area is 124 Å². The molecule has 0 saturated heterocycles. The summed E-state index contributed by atoms with van der Waals surface area (Å²) in [6, 6.07) is 2.42. The van der Waals surface area contributed by atoms with Crippen LogP contribution in [0.2, 0.25) is 0 Å². The average molecular weight is 292 g/mol. The van der Waals surface area contributed by atoms with Gasteiger partial charge in [-0.05, 0) is 50.2 Å². The number of hydrogen-bond acceptors (Lipinski definition) is 3. The van der Waals surface area contributed by atoms with Crippen molar-refractivity contribution in [1.82, 2.24) is 5.32 Å². The van der Waals surface area contributed by atoms with E-state index in [1.807, 2.05) is 0 Å². The molecule has 1 aromatic rings. The average Bonchev–Trinajstić information content (AvgIpc) is 2.73. The Morgan fingerprint density at radius 3 is 2.80 bits per heavy atom. The summed E-state index contributed by atoms with van der Waals surface area (Å²) < 4.78 is 0. The van der Waals surface area contributed by atoms with Gasteiger partial charge in [0.2, 0.25) is 0 Å². The molecule has 0 bridgehead atoms. The maximum Gasteiger partial charge on any atom is 0.261 e. The predicted molar refractivity (Wildman–Crippen MR) is 83.3 cm³/mol. The van der Waals surface area contributed by atoms with Crippen molar-refractivity contribution in [1.29, 1.82) is 0 Å². The summed E-state index contributed by atoms with van der Waals surface area (Å²) in [5.74, 6) is 0.0884. The summed E-state index contributed by atoms with van der Waals surface area (Å²) in [7, 11) is 0. The lowest BCUT2D eigenvalue weighted by atomic mass is 9.91. The Kier molecular flexibility index (Phi) is 4.41. The fourth-order valence-corrected chi connectivity index (χ4v) is 4.51. The molecule has 2 aliphatic rings. The van der Waals surface area contributed by atoms with Crippen LogP contribution in [0.5, 0.6) is 0 Å². The van der Waals surface area contributed by atoms with Gasteiger partial charge >= 0.3 is 0 Å². The van der Waals surface area contributed by atoms with Crippen molar-refractivity contribution in [2.45, 2.75) is 69.9 Å². The van der Waals surface area contributed by atoms with Crippen molar-refractivity contribution in [3.63, 3.8) is 0 Å². The Bertz CT molecular complexity index is 459. The molecule has 110 valence electrons. The number of rotatable bonds is 2. The summed E-state index contributed by atoms with van der Waals surface area (Å²) in [5.41, 5.74) is 7.52. The number of nitrogens with one attached hydrogen (secondary N) is 1. The first-order chi connectivity index (χ1) is 9.74. The van der Waals surface area contributed by atoms with Gasteiger partial charge in [0.25, 0.3) is 5.91 Å². The first-order valence-corrected chi connectivity index (χ1v) is 8.74. The molecule has 2 atom stereocenters. The van der Waals surface area contributed by atoms with Gasteiger partial charge in [0.05, 0.1) is 4.88 Å². The number of carbonyl (C=O) groups excluding carboxylic acids is 1. The highest BCUT2D eigenvalue weighted by Crippen LogP contribution is 2.29. The van der Waals surface area contributed by atoms with E-state index in [0.29, 0.717) is 0 Å². The number of thiophene rings is 1. The van der Waals surface area contributed by atoms with Gasteiger partial charge in [0.15, 0.2) is 0 Å². The molecular formula is C16H24N2OS. The van der Waals surface area contributed by atoms with E-state index in [4.69, 9.17) is 5.73 Å². The largest absolute Gasteiger partial charge is 0.347 e. The van der Waals surface area contributed by atoms with Gasteiger partial charge in [0, 0.05) is 17.0 Å². The van der Waals surface area contributed by atoms with Crippen molar-refractivity contribution in [3.8, 4) is 0 Å². The summed E-state index contributed by atoms with van der Waals surface area (Å²) >= 11 is 1.69. The molecular weight excluding hydrogens is 268 g/mol. The van der Waals surface area contributed by atoms with Crippen molar-refractivity contribution in [3.05, 3.63) is 21.4 Å². The fourth-order valence-electron chi connectivity index (χ4n) is 3.36. The summed E-state index contributed by atoms with van der Waals surface area (Å²) in [4.78, 5) is 14.7. The second-order valence-electron chi connectivity index (χ2n) is 6.15. The van der Waals surface area contributed by atoms with Crippen LogP contribution in [-0.4, -0.2) is 18.0 Å². The highest BCUT2D eigenvalue weighted by molar-refractivity contribution is 7.14. The van der Waals surface area contributed by atoms with Crippen LogP contribution in [0.25, 0.3) is 0 Å². The molecule has 20 heavy (non-hydrogen) atoms. The number of nitrogens with two attached hydrogens (primary N) is 1. The highest BCUT2D eigenvalue weighted by atomic mass is 32.1. The first kappa shape index (κ1) is 14.1. The molecule has 3 N–H and O–H groups in total. The first-order valence-electron chi connectivity index (χ1n) is 7.92. The van der Waals surface area contributed by atoms with Crippen LogP contribution >= 0.6 is 11.3 Å². The van der Waals surface area contributed by atoms with Crippen LogP contribution in [0, 0.1) is 0 Å². The molecule has 0 radical (unpaired) electrons. The van der Waals surface area contributed by atoms with Crippen LogP contribution in [0.3, 0.4) is 0 Å². The van der Waals surface area contributed by atoms with Crippen LogP contribution in [0.15, 0.2) is 6.07 Å². The van der Waals surface area contributed by atoms with Crippen molar-refractivity contribution in [2.75, 3.05) is 0 Å². The molecule has 1 saturated carbocycles. The molecule has 2 unspecified atom stereocenters. The smallest absolute Gasteiger partial charge is 0.261 e. The minimum Gasteiger partial charge on any atom is -0.347 e. The normalized spacial score (nSPS) is 26.6. The van der Waals surface area contributed by atoms with E-state index < -0.39 is 0 Å². The van der Waals surface area contributed by atoms with Gasteiger partial charge < -0.3 is 11.1 Å². The number of aryl methyl sites for hydroxylation is 2. The molecule has 1 amide bonds. The lowest BCUT2D eigenvalue weighted by Crippen LogP contribution is -2.49.